The van der Waals surface area contributed by atoms with Crippen molar-refractivity contribution in [1.29, 1.82) is 0 Å². The van der Waals surface area contributed by atoms with E-state index in [-0.39, 0.29) is 0 Å². The summed E-state index contributed by atoms with van der Waals surface area (Å²) in [6, 6.07) is 10.6. The molecule has 2 aromatic rings. The Hall–Kier alpha value is -1.57. The average molecular weight is 212 g/mol. The molecular weight excluding hydrogens is 196 g/mol. The van der Waals surface area contributed by atoms with Crippen molar-refractivity contribution in [3.63, 3.8) is 0 Å². The third kappa shape index (κ3) is 1.64. The second-order valence-electron chi connectivity index (χ2n) is 4.39. The minimum Gasteiger partial charge on any atom is -0.328 e. The molecule has 0 unspecified atom stereocenters. The van der Waals surface area contributed by atoms with E-state index in [1.165, 1.54) is 36.3 Å². The van der Waals surface area contributed by atoms with E-state index in [0.717, 1.165) is 13.0 Å². The molecule has 0 amide bonds. The Bertz CT molecular complexity index is 471. The zero-order valence-electron chi connectivity index (χ0n) is 9.39. The van der Waals surface area contributed by atoms with Crippen molar-refractivity contribution in [2.45, 2.75) is 32.2 Å². The van der Waals surface area contributed by atoms with Crippen LogP contribution in [0, 0.1) is 0 Å². The van der Waals surface area contributed by atoms with Crippen LogP contribution in [0.5, 0.6) is 0 Å². The maximum atomic E-state index is 4.56. The first-order valence-electron chi connectivity index (χ1n) is 6.05. The number of nitrogens with zero attached hydrogens (tertiary/aromatic N) is 2. The summed E-state index contributed by atoms with van der Waals surface area (Å²) in [5.74, 6) is 1.26. The maximum absolute atomic E-state index is 4.56. The molecule has 0 bridgehead atoms. The second kappa shape index (κ2) is 4.12. The van der Waals surface area contributed by atoms with E-state index in [4.69, 9.17) is 0 Å². The Morgan fingerprint density at radius 3 is 2.75 bits per heavy atom. The number of hydrogen-bond donors (Lipinski definition) is 0. The number of aromatic nitrogens is 2. The van der Waals surface area contributed by atoms with E-state index in [1.807, 2.05) is 6.20 Å². The molecule has 0 atom stereocenters. The van der Waals surface area contributed by atoms with Gasteiger partial charge in [0.15, 0.2) is 0 Å². The molecule has 0 radical (unpaired) electrons. The molecule has 2 heteroatoms. The van der Waals surface area contributed by atoms with Crippen LogP contribution in [0.15, 0.2) is 36.5 Å². The summed E-state index contributed by atoms with van der Waals surface area (Å²) in [4.78, 5) is 4.56. The van der Waals surface area contributed by atoms with Gasteiger partial charge in [-0.3, -0.25) is 0 Å². The van der Waals surface area contributed by atoms with Crippen LogP contribution in [0.2, 0.25) is 0 Å². The van der Waals surface area contributed by atoms with Crippen LogP contribution in [0.3, 0.4) is 0 Å². The van der Waals surface area contributed by atoms with E-state index < -0.39 is 0 Å². The Labute approximate surface area is 95.9 Å². The summed E-state index contributed by atoms with van der Waals surface area (Å²) in [5.41, 5.74) is 2.56. The van der Waals surface area contributed by atoms with Crippen molar-refractivity contribution in [2.75, 3.05) is 0 Å². The molecule has 0 N–H and O–H groups in total. The number of rotatable bonds is 1. The van der Waals surface area contributed by atoms with Gasteiger partial charge in [-0.1, -0.05) is 36.8 Å². The van der Waals surface area contributed by atoms with Gasteiger partial charge in [-0.05, 0) is 18.4 Å². The summed E-state index contributed by atoms with van der Waals surface area (Å²) in [5, 5.41) is 0. The summed E-state index contributed by atoms with van der Waals surface area (Å²) < 4.78 is 2.39. The first-order valence-corrected chi connectivity index (χ1v) is 6.05. The Balaban J connectivity index is 2.06. The van der Waals surface area contributed by atoms with Crippen LogP contribution in [0.25, 0.3) is 11.3 Å². The highest BCUT2D eigenvalue weighted by Crippen LogP contribution is 2.24. The molecule has 1 aliphatic heterocycles. The lowest BCUT2D eigenvalue weighted by atomic mass is 10.1. The topological polar surface area (TPSA) is 17.8 Å². The standard InChI is InChI=1S/C14H16N2/c1-3-7-12(8-4-1)13-11-15-14-9-5-2-6-10-16(13)14/h1,3-4,7-8,11H,2,5-6,9-10H2. The molecule has 0 spiro atoms. The van der Waals surface area contributed by atoms with E-state index in [0.29, 0.717) is 0 Å². The van der Waals surface area contributed by atoms with Crippen molar-refractivity contribution >= 4 is 0 Å². The molecule has 1 aromatic carbocycles. The second-order valence-corrected chi connectivity index (χ2v) is 4.39. The summed E-state index contributed by atoms with van der Waals surface area (Å²) in [6.07, 6.45) is 7.05. The van der Waals surface area contributed by atoms with Crippen molar-refractivity contribution < 1.29 is 0 Å². The van der Waals surface area contributed by atoms with E-state index in [2.05, 4.69) is 39.9 Å². The monoisotopic (exact) mass is 212 g/mol. The molecule has 2 nitrogen and oxygen atoms in total. The minimum atomic E-state index is 1.12. The van der Waals surface area contributed by atoms with Crippen molar-refractivity contribution in [3.8, 4) is 11.3 Å². The van der Waals surface area contributed by atoms with Gasteiger partial charge in [0.2, 0.25) is 0 Å². The fourth-order valence-corrected chi connectivity index (χ4v) is 2.43. The van der Waals surface area contributed by atoms with E-state index in [9.17, 15) is 0 Å². The van der Waals surface area contributed by atoms with Crippen molar-refractivity contribution in [3.05, 3.63) is 42.4 Å². The van der Waals surface area contributed by atoms with Gasteiger partial charge in [-0.2, -0.15) is 0 Å². The molecule has 1 aromatic heterocycles. The Morgan fingerprint density at radius 2 is 1.88 bits per heavy atom. The minimum absolute atomic E-state index is 1.12. The Morgan fingerprint density at radius 1 is 1.00 bits per heavy atom. The molecule has 16 heavy (non-hydrogen) atoms. The number of benzene rings is 1. The summed E-state index contributed by atoms with van der Waals surface area (Å²) in [7, 11) is 0. The molecular formula is C14H16N2. The highest BCUT2D eigenvalue weighted by molar-refractivity contribution is 5.59. The van der Waals surface area contributed by atoms with Gasteiger partial charge in [-0.15, -0.1) is 0 Å². The molecule has 0 saturated carbocycles. The zero-order chi connectivity index (χ0) is 10.8. The van der Waals surface area contributed by atoms with Crippen molar-refractivity contribution in [2.24, 2.45) is 0 Å². The number of fused-ring (bicyclic) bond motifs is 1. The van der Waals surface area contributed by atoms with Gasteiger partial charge < -0.3 is 4.57 Å². The van der Waals surface area contributed by atoms with Crippen LogP contribution in [0.1, 0.15) is 25.1 Å². The number of hydrogen-bond acceptors (Lipinski definition) is 1. The predicted molar refractivity (Wildman–Crippen MR) is 65.2 cm³/mol. The molecule has 3 rings (SSSR count). The molecule has 1 aliphatic rings. The lowest BCUT2D eigenvalue weighted by Crippen LogP contribution is -2.02. The molecule has 82 valence electrons. The van der Waals surface area contributed by atoms with E-state index >= 15 is 0 Å². The number of imidazole rings is 1. The average Bonchev–Trinajstić information content (AvgIpc) is 2.60. The van der Waals surface area contributed by atoms with Gasteiger partial charge in [0.1, 0.15) is 5.82 Å². The van der Waals surface area contributed by atoms with Gasteiger partial charge >= 0.3 is 0 Å². The van der Waals surface area contributed by atoms with Gasteiger partial charge in [0.05, 0.1) is 11.9 Å². The highest BCUT2D eigenvalue weighted by Gasteiger charge is 2.13. The van der Waals surface area contributed by atoms with Gasteiger partial charge in [0.25, 0.3) is 0 Å². The fraction of sp³-hybridized carbons (Fsp3) is 0.357. The summed E-state index contributed by atoms with van der Waals surface area (Å²) in [6.45, 7) is 1.12. The number of aryl methyl sites for hydroxylation is 1. The van der Waals surface area contributed by atoms with Gasteiger partial charge in [-0.25, -0.2) is 4.98 Å². The summed E-state index contributed by atoms with van der Waals surface area (Å²) >= 11 is 0. The van der Waals surface area contributed by atoms with Crippen LogP contribution in [0.4, 0.5) is 0 Å². The molecule has 0 aliphatic carbocycles. The fourth-order valence-electron chi connectivity index (χ4n) is 2.43. The van der Waals surface area contributed by atoms with Gasteiger partial charge in [0, 0.05) is 13.0 Å². The van der Waals surface area contributed by atoms with E-state index in [1.54, 1.807) is 0 Å². The van der Waals surface area contributed by atoms with Crippen LogP contribution < -0.4 is 0 Å². The first kappa shape index (κ1) is 9.64. The highest BCUT2D eigenvalue weighted by atomic mass is 15.1. The Kier molecular flexibility index (Phi) is 2.49. The maximum Gasteiger partial charge on any atom is 0.109 e. The normalized spacial score (nSPS) is 15.5. The van der Waals surface area contributed by atoms with Crippen LogP contribution >= 0.6 is 0 Å². The smallest absolute Gasteiger partial charge is 0.109 e. The molecule has 0 saturated heterocycles. The van der Waals surface area contributed by atoms with Crippen LogP contribution in [-0.4, -0.2) is 9.55 Å². The lowest BCUT2D eigenvalue weighted by Gasteiger charge is -2.08. The molecule has 0 fully saturated rings. The predicted octanol–water partition coefficient (Wildman–Crippen LogP) is 3.28. The third-order valence-electron chi connectivity index (χ3n) is 3.29. The molecule has 2 heterocycles. The lowest BCUT2D eigenvalue weighted by molar-refractivity contribution is 0.638. The van der Waals surface area contributed by atoms with Crippen LogP contribution in [-0.2, 0) is 13.0 Å². The largest absolute Gasteiger partial charge is 0.328 e. The third-order valence-corrected chi connectivity index (χ3v) is 3.29. The SMILES string of the molecule is c1ccc(-c2cnc3n2CCCCC3)cc1. The quantitative estimate of drug-likeness (QED) is 0.709. The first-order chi connectivity index (χ1) is 7.95. The van der Waals surface area contributed by atoms with Crippen molar-refractivity contribution in [1.82, 2.24) is 9.55 Å². The zero-order valence-corrected chi connectivity index (χ0v) is 9.39.